The van der Waals surface area contributed by atoms with Crippen molar-refractivity contribution < 1.29 is 13.2 Å². The average molecular weight is 292 g/mol. The van der Waals surface area contributed by atoms with E-state index in [0.29, 0.717) is 5.75 Å². The summed E-state index contributed by atoms with van der Waals surface area (Å²) < 4.78 is 32.1. The van der Waals surface area contributed by atoms with Gasteiger partial charge in [-0.1, -0.05) is 0 Å². The van der Waals surface area contributed by atoms with E-state index in [0.717, 1.165) is 5.56 Å². The normalized spacial score (nSPS) is 12.9. The van der Waals surface area contributed by atoms with Crippen LogP contribution in [0.15, 0.2) is 53.7 Å². The first kappa shape index (κ1) is 14.5. The van der Waals surface area contributed by atoms with Crippen LogP contribution < -0.4 is 9.46 Å². The Labute approximate surface area is 118 Å². The van der Waals surface area contributed by atoms with E-state index in [-0.39, 0.29) is 10.9 Å². The highest BCUT2D eigenvalue weighted by Gasteiger charge is 2.18. The number of hydrogen-bond acceptors (Lipinski definition) is 4. The fraction of sp³-hybridized carbons (Fsp3) is 0.214. The fourth-order valence-electron chi connectivity index (χ4n) is 1.78. The lowest BCUT2D eigenvalue weighted by Gasteiger charge is -2.14. The number of benzene rings is 1. The van der Waals surface area contributed by atoms with Crippen LogP contribution in [0.2, 0.25) is 0 Å². The first-order valence-corrected chi connectivity index (χ1v) is 7.57. The third kappa shape index (κ3) is 3.34. The standard InChI is InChI=1S/C14H16N2O3S/c1-11(12-7-9-15-10-8-12)16-20(17,18)14-5-3-13(19-2)4-6-14/h3-11,16H,1-2H3. The molecule has 1 aromatic carbocycles. The van der Waals surface area contributed by atoms with Crippen molar-refractivity contribution in [1.82, 2.24) is 9.71 Å². The summed E-state index contributed by atoms with van der Waals surface area (Å²) in [5.74, 6) is 0.617. The van der Waals surface area contributed by atoms with Crippen LogP contribution in [0.4, 0.5) is 0 Å². The number of nitrogens with zero attached hydrogens (tertiary/aromatic N) is 1. The van der Waals surface area contributed by atoms with Gasteiger partial charge in [0.05, 0.1) is 12.0 Å². The molecular formula is C14H16N2O3S. The van der Waals surface area contributed by atoms with E-state index >= 15 is 0 Å². The van der Waals surface area contributed by atoms with E-state index in [1.54, 1.807) is 43.6 Å². The summed E-state index contributed by atoms with van der Waals surface area (Å²) >= 11 is 0. The molecule has 106 valence electrons. The van der Waals surface area contributed by atoms with Crippen LogP contribution in [0.1, 0.15) is 18.5 Å². The number of hydrogen-bond donors (Lipinski definition) is 1. The molecule has 1 N–H and O–H groups in total. The molecule has 0 aliphatic carbocycles. The number of methoxy groups -OCH3 is 1. The Kier molecular flexibility index (Phi) is 4.36. The van der Waals surface area contributed by atoms with Gasteiger partial charge in [0.2, 0.25) is 10.0 Å². The van der Waals surface area contributed by atoms with Crippen LogP contribution in [-0.4, -0.2) is 20.5 Å². The smallest absolute Gasteiger partial charge is 0.241 e. The highest BCUT2D eigenvalue weighted by atomic mass is 32.2. The zero-order valence-corrected chi connectivity index (χ0v) is 12.1. The third-order valence-corrected chi connectivity index (χ3v) is 4.46. The van der Waals surface area contributed by atoms with Crippen molar-refractivity contribution in [3.63, 3.8) is 0 Å². The summed E-state index contributed by atoms with van der Waals surface area (Å²) in [6, 6.07) is 9.49. The first-order chi connectivity index (χ1) is 9.53. The highest BCUT2D eigenvalue weighted by Crippen LogP contribution is 2.18. The number of nitrogens with one attached hydrogen (secondary N) is 1. The van der Waals surface area contributed by atoms with E-state index in [1.165, 1.54) is 19.2 Å². The van der Waals surface area contributed by atoms with Gasteiger partial charge in [-0.05, 0) is 48.9 Å². The van der Waals surface area contributed by atoms with Crippen molar-refractivity contribution in [1.29, 1.82) is 0 Å². The van der Waals surface area contributed by atoms with Crippen LogP contribution in [0.3, 0.4) is 0 Å². The number of ether oxygens (including phenoxy) is 1. The van der Waals surface area contributed by atoms with Crippen molar-refractivity contribution in [3.8, 4) is 5.75 Å². The monoisotopic (exact) mass is 292 g/mol. The number of aromatic nitrogens is 1. The average Bonchev–Trinajstić information content (AvgIpc) is 2.48. The summed E-state index contributed by atoms with van der Waals surface area (Å²) in [7, 11) is -2.02. The first-order valence-electron chi connectivity index (χ1n) is 6.09. The molecule has 1 atom stereocenters. The van der Waals surface area contributed by atoms with Gasteiger partial charge in [0.25, 0.3) is 0 Å². The van der Waals surface area contributed by atoms with Crippen LogP contribution >= 0.6 is 0 Å². The predicted octanol–water partition coefficient (Wildman–Crippen LogP) is 2.13. The molecule has 0 bridgehead atoms. The largest absolute Gasteiger partial charge is 0.497 e. The summed E-state index contributed by atoms with van der Waals surface area (Å²) in [4.78, 5) is 4.12. The quantitative estimate of drug-likeness (QED) is 0.916. The van der Waals surface area contributed by atoms with Crippen LogP contribution in [0.25, 0.3) is 0 Å². The Balaban J connectivity index is 2.18. The summed E-state index contributed by atoms with van der Waals surface area (Å²) in [6.45, 7) is 1.79. The second kappa shape index (κ2) is 6.02. The maximum Gasteiger partial charge on any atom is 0.241 e. The van der Waals surface area contributed by atoms with Crippen molar-refractivity contribution in [2.24, 2.45) is 0 Å². The minimum atomic E-state index is -3.56. The van der Waals surface area contributed by atoms with Gasteiger partial charge >= 0.3 is 0 Å². The number of rotatable bonds is 5. The van der Waals surface area contributed by atoms with Crippen molar-refractivity contribution in [3.05, 3.63) is 54.4 Å². The summed E-state index contributed by atoms with van der Waals surface area (Å²) in [5, 5.41) is 0. The lowest BCUT2D eigenvalue weighted by molar-refractivity contribution is 0.414. The van der Waals surface area contributed by atoms with Gasteiger partial charge in [0, 0.05) is 18.4 Å². The number of sulfonamides is 1. The van der Waals surface area contributed by atoms with E-state index in [1.807, 2.05) is 0 Å². The van der Waals surface area contributed by atoms with Crippen LogP contribution in [0, 0.1) is 0 Å². The molecule has 0 amide bonds. The van der Waals surface area contributed by atoms with Crippen molar-refractivity contribution in [2.75, 3.05) is 7.11 Å². The highest BCUT2D eigenvalue weighted by molar-refractivity contribution is 7.89. The molecular weight excluding hydrogens is 276 g/mol. The molecule has 5 nitrogen and oxygen atoms in total. The van der Waals surface area contributed by atoms with E-state index in [9.17, 15) is 8.42 Å². The second-order valence-corrected chi connectivity index (χ2v) is 6.01. The molecule has 0 radical (unpaired) electrons. The number of pyridine rings is 1. The molecule has 6 heteroatoms. The molecule has 0 saturated carbocycles. The molecule has 2 aromatic rings. The molecule has 1 heterocycles. The molecule has 0 aliphatic heterocycles. The van der Waals surface area contributed by atoms with Crippen LogP contribution in [0.5, 0.6) is 5.75 Å². The molecule has 2 rings (SSSR count). The Hall–Kier alpha value is -1.92. The lowest BCUT2D eigenvalue weighted by Crippen LogP contribution is -2.26. The fourth-order valence-corrected chi connectivity index (χ4v) is 3.01. The van der Waals surface area contributed by atoms with Crippen molar-refractivity contribution in [2.45, 2.75) is 17.9 Å². The van der Waals surface area contributed by atoms with Gasteiger partial charge in [-0.2, -0.15) is 0 Å². The van der Waals surface area contributed by atoms with E-state index < -0.39 is 10.0 Å². The molecule has 20 heavy (non-hydrogen) atoms. The van der Waals surface area contributed by atoms with Crippen LogP contribution in [-0.2, 0) is 10.0 Å². The minimum Gasteiger partial charge on any atom is -0.497 e. The maximum absolute atomic E-state index is 12.2. The van der Waals surface area contributed by atoms with Gasteiger partial charge in [-0.15, -0.1) is 0 Å². The molecule has 1 unspecified atom stereocenters. The zero-order valence-electron chi connectivity index (χ0n) is 11.3. The van der Waals surface area contributed by atoms with Gasteiger partial charge in [0.1, 0.15) is 5.75 Å². The van der Waals surface area contributed by atoms with Gasteiger partial charge in [0.15, 0.2) is 0 Å². The molecule has 0 spiro atoms. The minimum absolute atomic E-state index is 0.208. The Bertz CT molecular complexity index is 655. The van der Waals surface area contributed by atoms with E-state index in [2.05, 4.69) is 9.71 Å². The summed E-state index contributed by atoms with van der Waals surface area (Å²) in [5.41, 5.74) is 0.858. The molecule has 0 saturated heterocycles. The lowest BCUT2D eigenvalue weighted by atomic mass is 10.1. The van der Waals surface area contributed by atoms with Gasteiger partial charge in [-0.3, -0.25) is 4.98 Å². The third-order valence-electron chi connectivity index (χ3n) is 2.91. The zero-order chi connectivity index (χ0) is 14.6. The molecule has 0 fully saturated rings. The summed E-state index contributed by atoms with van der Waals surface area (Å²) in [6.07, 6.45) is 3.26. The second-order valence-electron chi connectivity index (χ2n) is 4.30. The predicted molar refractivity (Wildman–Crippen MR) is 76.0 cm³/mol. The Morgan fingerprint density at radius 1 is 1.10 bits per heavy atom. The SMILES string of the molecule is COc1ccc(S(=O)(=O)NC(C)c2ccncc2)cc1. The molecule has 0 aliphatic rings. The Morgan fingerprint density at radius 3 is 2.25 bits per heavy atom. The van der Waals surface area contributed by atoms with Crippen molar-refractivity contribution >= 4 is 10.0 Å². The van der Waals surface area contributed by atoms with Gasteiger partial charge < -0.3 is 4.74 Å². The molecule has 1 aromatic heterocycles. The topological polar surface area (TPSA) is 68.3 Å². The maximum atomic E-state index is 12.2. The van der Waals surface area contributed by atoms with E-state index in [4.69, 9.17) is 4.74 Å². The van der Waals surface area contributed by atoms with Gasteiger partial charge in [-0.25, -0.2) is 13.1 Å². The Morgan fingerprint density at radius 2 is 1.70 bits per heavy atom.